The first kappa shape index (κ1) is 11.1. The average Bonchev–Trinajstić information content (AvgIpc) is 2.82. The Kier molecular flexibility index (Phi) is 3.54. The van der Waals surface area contributed by atoms with Gasteiger partial charge in [0.2, 0.25) is 5.91 Å². The van der Waals surface area contributed by atoms with E-state index in [0.29, 0.717) is 26.1 Å². The van der Waals surface area contributed by atoms with Gasteiger partial charge < -0.3 is 9.64 Å². The van der Waals surface area contributed by atoms with Crippen LogP contribution in [0.4, 0.5) is 0 Å². The maximum atomic E-state index is 11.9. The number of nitrogens with zero attached hydrogens (tertiary/aromatic N) is 2. The fourth-order valence-electron chi connectivity index (χ4n) is 1.63. The van der Waals surface area contributed by atoms with Crippen LogP contribution in [0.15, 0.2) is 17.5 Å². The number of carbonyl (C=O) groups excluding carboxylic acids is 1. The summed E-state index contributed by atoms with van der Waals surface area (Å²) < 4.78 is 5.19. The van der Waals surface area contributed by atoms with Crippen molar-refractivity contribution in [2.24, 2.45) is 0 Å². The van der Waals surface area contributed by atoms with Crippen LogP contribution >= 0.6 is 11.3 Å². The third-order valence-electron chi connectivity index (χ3n) is 2.47. The SMILES string of the molecule is N#CC1CN(C(=O)Cc2cccs2)CCO1. The number of morpholine rings is 1. The van der Waals surface area contributed by atoms with Crippen LogP contribution in [0.5, 0.6) is 0 Å². The largest absolute Gasteiger partial charge is 0.360 e. The molecule has 4 nitrogen and oxygen atoms in total. The zero-order valence-corrected chi connectivity index (χ0v) is 9.57. The zero-order valence-electron chi connectivity index (χ0n) is 8.76. The molecule has 1 atom stereocenters. The summed E-state index contributed by atoms with van der Waals surface area (Å²) in [6.07, 6.45) is -0.0449. The van der Waals surface area contributed by atoms with Crippen LogP contribution in [-0.2, 0) is 16.0 Å². The third-order valence-corrected chi connectivity index (χ3v) is 3.35. The fraction of sp³-hybridized carbons (Fsp3) is 0.455. The smallest absolute Gasteiger partial charge is 0.228 e. The summed E-state index contributed by atoms with van der Waals surface area (Å²) in [5, 5.41) is 10.7. The molecule has 0 radical (unpaired) electrons. The molecule has 2 heterocycles. The summed E-state index contributed by atoms with van der Waals surface area (Å²) in [6.45, 7) is 1.43. The summed E-state index contributed by atoms with van der Waals surface area (Å²) in [7, 11) is 0. The molecule has 0 spiro atoms. The van der Waals surface area contributed by atoms with E-state index in [9.17, 15) is 4.79 Å². The standard InChI is InChI=1S/C11H12N2O2S/c12-7-9-8-13(3-4-15-9)11(14)6-10-2-1-5-16-10/h1-2,5,9H,3-4,6,8H2. The molecular formula is C11H12N2O2S. The number of ether oxygens (including phenoxy) is 1. The normalized spacial score (nSPS) is 20.4. The van der Waals surface area contributed by atoms with Crippen molar-refractivity contribution in [1.29, 1.82) is 5.26 Å². The molecule has 0 aromatic carbocycles. The number of nitriles is 1. The van der Waals surface area contributed by atoms with E-state index in [1.54, 1.807) is 16.2 Å². The molecule has 16 heavy (non-hydrogen) atoms. The van der Waals surface area contributed by atoms with Crippen molar-refractivity contribution in [2.75, 3.05) is 19.7 Å². The molecule has 84 valence electrons. The van der Waals surface area contributed by atoms with Gasteiger partial charge in [0.15, 0.2) is 6.10 Å². The highest BCUT2D eigenvalue weighted by atomic mass is 32.1. The second kappa shape index (κ2) is 5.10. The first-order chi connectivity index (χ1) is 7.79. The van der Waals surface area contributed by atoms with Crippen molar-refractivity contribution in [3.8, 4) is 6.07 Å². The summed E-state index contributed by atoms with van der Waals surface area (Å²) >= 11 is 1.58. The highest BCUT2D eigenvalue weighted by Gasteiger charge is 2.23. The lowest BCUT2D eigenvalue weighted by molar-refractivity contribution is -0.136. The van der Waals surface area contributed by atoms with Gasteiger partial charge in [-0.3, -0.25) is 4.79 Å². The molecule has 1 aliphatic rings. The highest BCUT2D eigenvalue weighted by Crippen LogP contribution is 2.12. The Morgan fingerprint density at radius 1 is 1.75 bits per heavy atom. The molecule has 1 fully saturated rings. The van der Waals surface area contributed by atoms with Gasteiger partial charge in [0, 0.05) is 11.4 Å². The van der Waals surface area contributed by atoms with Crippen molar-refractivity contribution < 1.29 is 9.53 Å². The van der Waals surface area contributed by atoms with Crippen LogP contribution in [0.1, 0.15) is 4.88 Å². The van der Waals surface area contributed by atoms with Gasteiger partial charge >= 0.3 is 0 Å². The lowest BCUT2D eigenvalue weighted by Gasteiger charge is -2.29. The van der Waals surface area contributed by atoms with E-state index in [1.165, 1.54) is 0 Å². The maximum Gasteiger partial charge on any atom is 0.228 e. The molecule has 0 aliphatic carbocycles. The first-order valence-corrected chi connectivity index (χ1v) is 5.99. The van der Waals surface area contributed by atoms with E-state index in [0.717, 1.165) is 4.88 Å². The number of carbonyl (C=O) groups is 1. The molecule has 1 aliphatic heterocycles. The second-order valence-electron chi connectivity index (χ2n) is 3.58. The summed E-state index contributed by atoms with van der Waals surface area (Å²) in [5.41, 5.74) is 0. The number of hydrogen-bond acceptors (Lipinski definition) is 4. The number of hydrogen-bond donors (Lipinski definition) is 0. The van der Waals surface area contributed by atoms with E-state index in [-0.39, 0.29) is 5.91 Å². The average molecular weight is 236 g/mol. The zero-order chi connectivity index (χ0) is 11.4. The highest BCUT2D eigenvalue weighted by molar-refractivity contribution is 7.10. The molecule has 1 unspecified atom stereocenters. The van der Waals surface area contributed by atoms with Gasteiger partial charge in [-0.25, -0.2) is 0 Å². The minimum absolute atomic E-state index is 0.0750. The van der Waals surface area contributed by atoms with E-state index in [4.69, 9.17) is 10.00 Å². The van der Waals surface area contributed by atoms with Crippen molar-refractivity contribution >= 4 is 17.2 Å². The molecule has 1 aromatic heterocycles. The number of rotatable bonds is 2. The Bertz CT molecular complexity index is 397. The van der Waals surface area contributed by atoms with Crippen LogP contribution in [0, 0.1) is 11.3 Å². The van der Waals surface area contributed by atoms with Gasteiger partial charge in [-0.15, -0.1) is 11.3 Å². The molecule has 1 saturated heterocycles. The van der Waals surface area contributed by atoms with Crippen molar-refractivity contribution in [3.05, 3.63) is 22.4 Å². The monoisotopic (exact) mass is 236 g/mol. The molecular weight excluding hydrogens is 224 g/mol. The van der Waals surface area contributed by atoms with Gasteiger partial charge in [0.05, 0.1) is 25.6 Å². The fourth-order valence-corrected chi connectivity index (χ4v) is 2.32. The molecule has 0 saturated carbocycles. The molecule has 2 rings (SSSR count). The Morgan fingerprint density at radius 2 is 2.62 bits per heavy atom. The maximum absolute atomic E-state index is 11.9. The lowest BCUT2D eigenvalue weighted by Crippen LogP contribution is -2.45. The number of thiophene rings is 1. The minimum Gasteiger partial charge on any atom is -0.360 e. The van der Waals surface area contributed by atoms with E-state index < -0.39 is 6.10 Å². The summed E-state index contributed by atoms with van der Waals surface area (Å²) in [4.78, 5) is 14.7. The van der Waals surface area contributed by atoms with Crippen LogP contribution in [0.2, 0.25) is 0 Å². The van der Waals surface area contributed by atoms with Crippen LogP contribution in [0.3, 0.4) is 0 Å². The molecule has 1 amide bonds. The van der Waals surface area contributed by atoms with Crippen LogP contribution in [-0.4, -0.2) is 36.6 Å². The van der Waals surface area contributed by atoms with Crippen molar-refractivity contribution in [3.63, 3.8) is 0 Å². The second-order valence-corrected chi connectivity index (χ2v) is 4.62. The predicted molar refractivity (Wildman–Crippen MR) is 60.0 cm³/mol. The summed E-state index contributed by atoms with van der Waals surface area (Å²) in [6, 6.07) is 5.92. The first-order valence-electron chi connectivity index (χ1n) is 5.11. The minimum atomic E-state index is -0.471. The van der Waals surface area contributed by atoms with Crippen molar-refractivity contribution in [2.45, 2.75) is 12.5 Å². The van der Waals surface area contributed by atoms with Gasteiger partial charge in [-0.05, 0) is 11.4 Å². The van der Waals surface area contributed by atoms with Gasteiger partial charge in [-0.2, -0.15) is 5.26 Å². The molecule has 0 bridgehead atoms. The Morgan fingerprint density at radius 3 is 3.31 bits per heavy atom. The third kappa shape index (κ3) is 2.60. The summed E-state index contributed by atoms with van der Waals surface area (Å²) in [5.74, 6) is 0.0750. The lowest BCUT2D eigenvalue weighted by atomic mass is 10.2. The molecule has 5 heteroatoms. The Labute approximate surface area is 98.0 Å². The molecule has 0 N–H and O–H groups in total. The molecule has 1 aromatic rings. The van der Waals surface area contributed by atoms with Crippen LogP contribution in [0.25, 0.3) is 0 Å². The van der Waals surface area contributed by atoms with E-state index >= 15 is 0 Å². The van der Waals surface area contributed by atoms with Gasteiger partial charge in [-0.1, -0.05) is 6.07 Å². The van der Waals surface area contributed by atoms with Gasteiger partial charge in [0.25, 0.3) is 0 Å². The van der Waals surface area contributed by atoms with E-state index in [2.05, 4.69) is 0 Å². The number of amides is 1. The Balaban J connectivity index is 1.92. The predicted octanol–water partition coefficient (Wildman–Crippen LogP) is 1.04. The van der Waals surface area contributed by atoms with Gasteiger partial charge in [0.1, 0.15) is 0 Å². The van der Waals surface area contributed by atoms with Crippen molar-refractivity contribution in [1.82, 2.24) is 4.90 Å². The quantitative estimate of drug-likeness (QED) is 0.771. The van der Waals surface area contributed by atoms with E-state index in [1.807, 2.05) is 23.6 Å². The Hall–Kier alpha value is -1.38. The topological polar surface area (TPSA) is 53.3 Å². The van der Waals surface area contributed by atoms with Crippen LogP contribution < -0.4 is 0 Å².